The van der Waals surface area contributed by atoms with Crippen molar-refractivity contribution in [2.45, 2.75) is 38.0 Å². The highest BCUT2D eigenvalue weighted by Gasteiger charge is 2.42. The van der Waals surface area contributed by atoms with Crippen molar-refractivity contribution >= 4 is 52.2 Å². The molecule has 1 aromatic heterocycles. The van der Waals surface area contributed by atoms with E-state index >= 15 is 0 Å². The second-order valence-electron chi connectivity index (χ2n) is 14.1. The lowest BCUT2D eigenvalue weighted by Crippen LogP contribution is -2.45. The highest BCUT2D eigenvalue weighted by Crippen LogP contribution is 2.45. The maximum atomic E-state index is 5.11. The molecule has 46 heavy (non-hydrogen) atoms. The van der Waals surface area contributed by atoms with Gasteiger partial charge in [-0.3, -0.25) is 0 Å². The zero-order valence-corrected chi connectivity index (χ0v) is 29.6. The number of benzene rings is 1. The monoisotopic (exact) mass is 646 g/mol. The summed E-state index contributed by atoms with van der Waals surface area (Å²) >= 11 is 6.63. The summed E-state index contributed by atoms with van der Waals surface area (Å²) in [6, 6.07) is 12.5. The van der Waals surface area contributed by atoms with Gasteiger partial charge in [0.2, 0.25) is 0 Å². The lowest BCUT2D eigenvalue weighted by atomic mass is 9.81. The Labute approximate surface area is 283 Å². The molecule has 6 nitrogen and oxygen atoms in total. The van der Waals surface area contributed by atoms with Crippen LogP contribution in [0.25, 0.3) is 0 Å². The van der Waals surface area contributed by atoms with Crippen LogP contribution >= 0.6 is 24.0 Å². The van der Waals surface area contributed by atoms with Gasteiger partial charge in [0.25, 0.3) is 0 Å². The quantitative estimate of drug-likeness (QED) is 0.139. The molecule has 4 aliphatic rings. The fourth-order valence-corrected chi connectivity index (χ4v) is 7.71. The summed E-state index contributed by atoms with van der Waals surface area (Å²) in [4.78, 5) is 18.9. The van der Waals surface area contributed by atoms with Gasteiger partial charge >= 0.3 is 5.82 Å². The number of thiocarbonyl (C=S) groups is 1. The van der Waals surface area contributed by atoms with Crippen LogP contribution in [-0.4, -0.2) is 60.3 Å². The number of nitrogens with zero attached hydrogens (tertiary/aromatic N) is 6. The number of aryl methyl sites for hydroxylation is 1. The molecular formula is C38H42N6S2+2. The minimum atomic E-state index is -0.181. The van der Waals surface area contributed by atoms with Crippen molar-refractivity contribution < 1.29 is 9.05 Å². The molecule has 0 N–H and O–H groups in total. The summed E-state index contributed by atoms with van der Waals surface area (Å²) in [5.74, 6) is 2.05. The van der Waals surface area contributed by atoms with E-state index in [9.17, 15) is 0 Å². The normalized spacial score (nSPS) is 22.5. The van der Waals surface area contributed by atoms with Gasteiger partial charge in [0.15, 0.2) is 5.71 Å². The Balaban J connectivity index is 1.45. The molecule has 0 spiro atoms. The molecule has 0 radical (unpaired) electrons. The van der Waals surface area contributed by atoms with Crippen molar-refractivity contribution in [3.63, 3.8) is 0 Å². The molecule has 2 aromatic rings. The third-order valence-corrected chi connectivity index (χ3v) is 10.6. The van der Waals surface area contributed by atoms with E-state index in [1.807, 2.05) is 12.1 Å². The standard InChI is InChI=1S/C38H42N6S2/c1-37(2)30-11-9-21-42(5)35(30)40-32(37)19-13-26-23-44(7,8)24-27(34(26)46-29-17-15-28(16-18-29)39-25-45)14-20-33-38(3,4)31-12-10-22-43(6)36(31)41-33/h9-22H,23-24H2,1-8H3/q+2. The van der Waals surface area contributed by atoms with E-state index in [0.717, 1.165) is 51.2 Å². The highest BCUT2D eigenvalue weighted by molar-refractivity contribution is 8.03. The van der Waals surface area contributed by atoms with E-state index in [2.05, 4.69) is 149 Å². The van der Waals surface area contributed by atoms with Crippen molar-refractivity contribution in [1.82, 2.24) is 4.90 Å². The van der Waals surface area contributed by atoms with Gasteiger partial charge in [-0.1, -0.05) is 37.8 Å². The number of amidine groups is 1. The van der Waals surface area contributed by atoms with Crippen molar-refractivity contribution in [2.24, 2.45) is 27.4 Å². The molecule has 1 aromatic carbocycles. The predicted molar refractivity (Wildman–Crippen MR) is 195 cm³/mol. The smallest absolute Gasteiger partial charge is 0.327 e. The van der Waals surface area contributed by atoms with Gasteiger partial charge in [0.05, 0.1) is 54.9 Å². The van der Waals surface area contributed by atoms with Crippen molar-refractivity contribution in [2.75, 3.05) is 34.2 Å². The number of pyridine rings is 1. The summed E-state index contributed by atoms with van der Waals surface area (Å²) in [5, 5.41) is 2.47. The average molecular weight is 647 g/mol. The van der Waals surface area contributed by atoms with Gasteiger partial charge in [0.1, 0.15) is 18.9 Å². The van der Waals surface area contributed by atoms with Gasteiger partial charge in [-0.2, -0.15) is 4.99 Å². The van der Waals surface area contributed by atoms with Crippen LogP contribution in [0.4, 0.5) is 11.5 Å². The van der Waals surface area contributed by atoms with Crippen molar-refractivity contribution in [3.05, 3.63) is 118 Å². The van der Waals surface area contributed by atoms with E-state index in [1.54, 1.807) is 11.8 Å². The Morgan fingerprint density at radius 1 is 1.02 bits per heavy atom. The number of quaternary nitrogens is 1. The van der Waals surface area contributed by atoms with Gasteiger partial charge in [-0.05, 0) is 91.8 Å². The zero-order valence-electron chi connectivity index (χ0n) is 28.0. The number of isothiocyanates is 1. The van der Waals surface area contributed by atoms with E-state index in [4.69, 9.17) is 22.2 Å². The van der Waals surface area contributed by atoms with Gasteiger partial charge < -0.3 is 9.38 Å². The average Bonchev–Trinajstić information content (AvgIpc) is 3.42. The number of likely N-dealkylation sites (N-methyl/N-ethyl adjacent to an activating group) is 2. The van der Waals surface area contributed by atoms with Crippen LogP contribution in [0.2, 0.25) is 0 Å². The topological polar surface area (TPSA) is 44.2 Å². The van der Waals surface area contributed by atoms with Crippen LogP contribution in [0.5, 0.6) is 0 Å². The molecule has 0 atom stereocenters. The Morgan fingerprint density at radius 3 is 2.48 bits per heavy atom. The first-order valence-electron chi connectivity index (χ1n) is 15.6. The predicted octanol–water partition coefficient (Wildman–Crippen LogP) is 7.94. The minimum absolute atomic E-state index is 0.181. The molecule has 0 aliphatic carbocycles. The molecule has 0 unspecified atom stereocenters. The van der Waals surface area contributed by atoms with Crippen LogP contribution < -0.4 is 4.57 Å². The third kappa shape index (κ3) is 5.98. The van der Waals surface area contributed by atoms with E-state index in [0.29, 0.717) is 0 Å². The van der Waals surface area contributed by atoms with Crippen LogP contribution in [0, 0.1) is 5.41 Å². The number of fused-ring (bicyclic) bond motifs is 2. The molecule has 0 saturated heterocycles. The summed E-state index contributed by atoms with van der Waals surface area (Å²) in [5.41, 5.74) is 7.69. The number of rotatable bonds is 6. The first-order chi connectivity index (χ1) is 21.8. The fraction of sp³-hybridized carbons (Fsp3) is 0.316. The van der Waals surface area contributed by atoms with Crippen molar-refractivity contribution in [3.8, 4) is 0 Å². The van der Waals surface area contributed by atoms with E-state index < -0.39 is 0 Å². The summed E-state index contributed by atoms with van der Waals surface area (Å²) < 4.78 is 2.96. The van der Waals surface area contributed by atoms with Gasteiger partial charge in [0, 0.05) is 45.2 Å². The zero-order chi connectivity index (χ0) is 32.9. The number of aliphatic imine (C=N–C) groups is 3. The molecule has 0 amide bonds. The number of hydrogen-bond donors (Lipinski definition) is 0. The molecule has 8 heteroatoms. The highest BCUT2D eigenvalue weighted by atomic mass is 32.2. The fourth-order valence-electron chi connectivity index (χ4n) is 6.57. The van der Waals surface area contributed by atoms with Gasteiger partial charge in [-0.25, -0.2) is 9.56 Å². The van der Waals surface area contributed by atoms with Crippen molar-refractivity contribution in [1.29, 1.82) is 0 Å². The Bertz CT molecular complexity index is 1910. The lowest BCUT2D eigenvalue weighted by Gasteiger charge is -2.37. The molecule has 4 aliphatic heterocycles. The second-order valence-corrected chi connectivity index (χ2v) is 15.3. The SMILES string of the molecule is CN1C=CC=C2C1=NC(=CC=C1C[N+](C)(C)CC(C=CC3=Nc4c(ccc[n+]4C)C3(C)C)=C1Sc1ccc(N=C=S)cc1)C2(C)C. The Hall–Kier alpha value is -3.94. The molecule has 234 valence electrons. The largest absolute Gasteiger partial charge is 0.336 e. The second kappa shape index (κ2) is 12.0. The Kier molecular flexibility index (Phi) is 8.36. The number of hydrogen-bond acceptors (Lipinski definition) is 6. The maximum absolute atomic E-state index is 5.11. The first kappa shape index (κ1) is 32.0. The lowest BCUT2D eigenvalue weighted by molar-refractivity contribution is -0.881. The number of allylic oxidation sites excluding steroid dienone is 6. The molecular weight excluding hydrogens is 605 g/mol. The molecule has 0 fully saturated rings. The summed E-state index contributed by atoms with van der Waals surface area (Å²) in [7, 11) is 8.74. The summed E-state index contributed by atoms with van der Waals surface area (Å²) in [6.45, 7) is 10.9. The van der Waals surface area contributed by atoms with E-state index in [-0.39, 0.29) is 10.8 Å². The maximum Gasteiger partial charge on any atom is 0.327 e. The third-order valence-electron chi connectivity index (χ3n) is 9.27. The molecule has 0 bridgehead atoms. The van der Waals surface area contributed by atoms with Crippen LogP contribution in [0.1, 0.15) is 33.3 Å². The molecule has 6 rings (SSSR count). The molecule has 0 saturated carbocycles. The van der Waals surface area contributed by atoms with Crippen LogP contribution in [0.15, 0.2) is 132 Å². The summed E-state index contributed by atoms with van der Waals surface area (Å²) in [6.07, 6.45) is 17.5. The van der Waals surface area contributed by atoms with Crippen LogP contribution in [-0.2, 0) is 12.5 Å². The van der Waals surface area contributed by atoms with E-state index in [1.165, 1.54) is 27.2 Å². The number of aromatic nitrogens is 1. The minimum Gasteiger partial charge on any atom is -0.336 e. The van der Waals surface area contributed by atoms with Gasteiger partial charge in [-0.15, -0.1) is 0 Å². The first-order valence-corrected chi connectivity index (χ1v) is 16.8. The number of thioether (sulfide) groups is 1. The Morgan fingerprint density at radius 2 is 1.78 bits per heavy atom. The molecule has 5 heterocycles. The van der Waals surface area contributed by atoms with Crippen LogP contribution in [0.3, 0.4) is 0 Å².